The quantitative estimate of drug-likeness (QED) is 0.732. The van der Waals surface area contributed by atoms with Crippen molar-refractivity contribution in [2.45, 2.75) is 12.1 Å². The predicted octanol–water partition coefficient (Wildman–Crippen LogP) is 2.74. The van der Waals surface area contributed by atoms with Crippen LogP contribution in [0.4, 0.5) is 5.69 Å². The highest BCUT2D eigenvalue weighted by Gasteiger charge is 2.33. The Bertz CT molecular complexity index is 929. The molecule has 1 aliphatic rings. The number of carbonyl (C=O) groups is 1. The number of hydrogen-bond donors (Lipinski definition) is 1. The van der Waals surface area contributed by atoms with Gasteiger partial charge in [-0.15, -0.1) is 0 Å². The van der Waals surface area contributed by atoms with Crippen LogP contribution in [0, 0.1) is 0 Å². The molecule has 2 atom stereocenters. The molecule has 2 unspecified atom stereocenters. The molecule has 0 aliphatic carbocycles. The maximum Gasteiger partial charge on any atom is 0.216 e. The highest BCUT2D eigenvalue weighted by molar-refractivity contribution is 6.15. The molecular formula is C20H19N3O3. The summed E-state index contributed by atoms with van der Waals surface area (Å²) in [6.07, 6.45) is 3.10. The molecule has 1 aromatic carbocycles. The number of carbonyl (C=O) groups excluding carboxylic acids is 1. The van der Waals surface area contributed by atoms with Gasteiger partial charge < -0.3 is 19.5 Å². The summed E-state index contributed by atoms with van der Waals surface area (Å²) in [6, 6.07) is 13.9. The topological polar surface area (TPSA) is 85.0 Å². The fourth-order valence-corrected chi connectivity index (χ4v) is 3.29. The van der Waals surface area contributed by atoms with E-state index in [1.165, 1.54) is 6.26 Å². The largest absolute Gasteiger partial charge is 0.463 e. The van der Waals surface area contributed by atoms with E-state index >= 15 is 0 Å². The van der Waals surface area contributed by atoms with E-state index in [0.29, 0.717) is 12.3 Å². The van der Waals surface area contributed by atoms with Crippen LogP contribution in [0.15, 0.2) is 74.9 Å². The lowest BCUT2D eigenvalue weighted by Crippen LogP contribution is -2.52. The number of nitrogens with two attached hydrogens (primary N) is 1. The molecule has 6 heteroatoms. The maximum absolute atomic E-state index is 12.7. The van der Waals surface area contributed by atoms with Gasteiger partial charge in [-0.25, -0.2) is 0 Å². The van der Waals surface area contributed by atoms with E-state index in [9.17, 15) is 4.79 Å². The number of nitrogens with zero attached hydrogens (tertiary/aromatic N) is 2. The van der Waals surface area contributed by atoms with Crippen molar-refractivity contribution in [3.05, 3.63) is 78.1 Å². The van der Waals surface area contributed by atoms with Crippen molar-refractivity contribution in [2.75, 3.05) is 18.5 Å². The van der Waals surface area contributed by atoms with Crippen molar-refractivity contribution >= 4 is 17.2 Å². The zero-order valence-electron chi connectivity index (χ0n) is 14.3. The molecule has 0 bridgehead atoms. The Morgan fingerprint density at radius 1 is 1.15 bits per heavy atom. The summed E-state index contributed by atoms with van der Waals surface area (Å²) in [7, 11) is 1.93. The molecule has 132 valence electrons. The van der Waals surface area contributed by atoms with Gasteiger partial charge in [0.2, 0.25) is 5.78 Å². The number of anilines is 1. The lowest BCUT2D eigenvalue weighted by atomic mass is 10.0. The standard InChI is InChI=1S/C20H19N3O3/c1-23-14-7-3-2-6-13(14)19(16-8-4-10-25-16)22-12-15(23)18(21)20(24)17-9-5-11-26-17/h2-11,15,18H,12,21H2,1H3. The van der Waals surface area contributed by atoms with Crippen molar-refractivity contribution in [3.8, 4) is 0 Å². The average molecular weight is 349 g/mol. The first-order chi connectivity index (χ1) is 12.7. The first-order valence-electron chi connectivity index (χ1n) is 8.40. The Morgan fingerprint density at radius 3 is 2.65 bits per heavy atom. The van der Waals surface area contributed by atoms with E-state index in [-0.39, 0.29) is 17.6 Å². The summed E-state index contributed by atoms with van der Waals surface area (Å²) in [5.74, 6) is 0.720. The second-order valence-electron chi connectivity index (χ2n) is 6.23. The number of aliphatic imine (C=N–C) groups is 1. The summed E-state index contributed by atoms with van der Waals surface area (Å²) in [6.45, 7) is 0.370. The maximum atomic E-state index is 12.7. The number of rotatable bonds is 4. The Kier molecular flexibility index (Phi) is 4.18. The van der Waals surface area contributed by atoms with Crippen molar-refractivity contribution in [2.24, 2.45) is 10.7 Å². The Labute approximate surface area is 150 Å². The summed E-state index contributed by atoms with van der Waals surface area (Å²) < 4.78 is 10.8. The molecule has 1 aliphatic heterocycles. The third-order valence-electron chi connectivity index (χ3n) is 4.71. The average Bonchev–Trinajstić information content (AvgIpc) is 3.36. The van der Waals surface area contributed by atoms with Crippen molar-refractivity contribution in [1.29, 1.82) is 0 Å². The highest BCUT2D eigenvalue weighted by Crippen LogP contribution is 2.28. The van der Waals surface area contributed by atoms with E-state index in [2.05, 4.69) is 0 Å². The number of hydrogen-bond acceptors (Lipinski definition) is 6. The van der Waals surface area contributed by atoms with Crippen molar-refractivity contribution in [3.63, 3.8) is 0 Å². The van der Waals surface area contributed by atoms with Crippen LogP contribution in [-0.4, -0.2) is 37.2 Å². The number of ketones is 1. The number of benzodiazepines with no additional fused rings is 1. The SMILES string of the molecule is CN1c2ccccc2C(c2ccco2)=NCC1C(N)C(=O)c1ccco1. The van der Waals surface area contributed by atoms with E-state index in [1.807, 2.05) is 48.3 Å². The van der Waals surface area contributed by atoms with Gasteiger partial charge in [0.1, 0.15) is 5.71 Å². The van der Waals surface area contributed by atoms with Gasteiger partial charge in [0, 0.05) is 18.3 Å². The minimum absolute atomic E-state index is 0.235. The van der Waals surface area contributed by atoms with Crippen LogP contribution in [-0.2, 0) is 0 Å². The van der Waals surface area contributed by atoms with Crippen LogP contribution >= 0.6 is 0 Å². The summed E-state index contributed by atoms with van der Waals surface area (Å²) in [5, 5.41) is 0. The molecule has 2 N–H and O–H groups in total. The zero-order chi connectivity index (χ0) is 18.1. The predicted molar refractivity (Wildman–Crippen MR) is 98.9 cm³/mol. The summed E-state index contributed by atoms with van der Waals surface area (Å²) in [4.78, 5) is 19.4. The third kappa shape index (κ3) is 2.74. The third-order valence-corrected chi connectivity index (χ3v) is 4.71. The fourth-order valence-electron chi connectivity index (χ4n) is 3.29. The van der Waals surface area contributed by atoms with Crippen LogP contribution in [0.1, 0.15) is 21.9 Å². The second-order valence-corrected chi connectivity index (χ2v) is 6.23. The van der Waals surface area contributed by atoms with Gasteiger partial charge >= 0.3 is 0 Å². The van der Waals surface area contributed by atoms with Crippen LogP contribution in [0.2, 0.25) is 0 Å². The fraction of sp³-hybridized carbons (Fsp3) is 0.200. The molecule has 0 amide bonds. The molecule has 0 saturated carbocycles. The first-order valence-corrected chi connectivity index (χ1v) is 8.40. The molecule has 0 fully saturated rings. The molecule has 26 heavy (non-hydrogen) atoms. The molecular weight excluding hydrogens is 330 g/mol. The van der Waals surface area contributed by atoms with Gasteiger partial charge in [-0.1, -0.05) is 18.2 Å². The van der Waals surface area contributed by atoms with E-state index in [1.54, 1.807) is 18.4 Å². The highest BCUT2D eigenvalue weighted by atomic mass is 16.3. The zero-order valence-corrected chi connectivity index (χ0v) is 14.3. The molecule has 0 saturated heterocycles. The van der Waals surface area contributed by atoms with Gasteiger partial charge in [-0.3, -0.25) is 9.79 Å². The Morgan fingerprint density at radius 2 is 1.92 bits per heavy atom. The Balaban J connectivity index is 1.74. The molecule has 3 heterocycles. The molecule has 6 nitrogen and oxygen atoms in total. The number of Topliss-reactive ketones (excluding diaryl/α,β-unsaturated/α-hetero) is 1. The summed E-state index contributed by atoms with van der Waals surface area (Å²) >= 11 is 0. The normalized spacial score (nSPS) is 18.0. The molecule has 3 aromatic rings. The van der Waals surface area contributed by atoms with E-state index in [0.717, 1.165) is 17.0 Å². The van der Waals surface area contributed by atoms with Crippen molar-refractivity contribution in [1.82, 2.24) is 0 Å². The van der Waals surface area contributed by atoms with Gasteiger partial charge in [-0.05, 0) is 30.3 Å². The van der Waals surface area contributed by atoms with Crippen LogP contribution in [0.3, 0.4) is 0 Å². The monoisotopic (exact) mass is 349 g/mol. The minimum atomic E-state index is -0.765. The van der Waals surface area contributed by atoms with Crippen LogP contribution < -0.4 is 10.6 Å². The van der Waals surface area contributed by atoms with Gasteiger partial charge in [0.05, 0.1) is 31.2 Å². The smallest absolute Gasteiger partial charge is 0.216 e. The number of furan rings is 2. The lowest BCUT2D eigenvalue weighted by Gasteiger charge is -2.31. The molecule has 2 aromatic heterocycles. The summed E-state index contributed by atoms with van der Waals surface area (Å²) in [5.41, 5.74) is 8.98. The van der Waals surface area contributed by atoms with Crippen molar-refractivity contribution < 1.29 is 13.6 Å². The number of para-hydroxylation sites is 1. The van der Waals surface area contributed by atoms with Gasteiger partial charge in [0.15, 0.2) is 11.5 Å². The van der Waals surface area contributed by atoms with E-state index < -0.39 is 6.04 Å². The number of likely N-dealkylation sites (N-methyl/N-ethyl adjacent to an activating group) is 1. The van der Waals surface area contributed by atoms with Crippen LogP contribution in [0.5, 0.6) is 0 Å². The molecule has 0 spiro atoms. The molecule has 0 radical (unpaired) electrons. The lowest BCUT2D eigenvalue weighted by molar-refractivity contribution is 0.0922. The second kappa shape index (κ2) is 6.65. The first kappa shape index (κ1) is 16.4. The minimum Gasteiger partial charge on any atom is -0.463 e. The molecule has 4 rings (SSSR count). The Hall–Kier alpha value is -3.12. The number of benzene rings is 1. The van der Waals surface area contributed by atoms with Crippen LogP contribution in [0.25, 0.3) is 0 Å². The van der Waals surface area contributed by atoms with Gasteiger partial charge in [-0.2, -0.15) is 0 Å². The number of fused-ring (bicyclic) bond motifs is 1. The van der Waals surface area contributed by atoms with Gasteiger partial charge in [0.25, 0.3) is 0 Å². The van der Waals surface area contributed by atoms with E-state index in [4.69, 9.17) is 19.6 Å².